The van der Waals surface area contributed by atoms with Crippen LogP contribution in [-0.2, 0) is 4.74 Å². The number of nitrogen functional groups attached to an aromatic ring is 1. The Bertz CT molecular complexity index is 493. The number of carboxylic acids is 1. The van der Waals surface area contributed by atoms with Gasteiger partial charge in [0.15, 0.2) is 0 Å². The summed E-state index contributed by atoms with van der Waals surface area (Å²) in [5, 5.41) is 8.83. The fourth-order valence-electron chi connectivity index (χ4n) is 2.44. The van der Waals surface area contributed by atoms with Gasteiger partial charge in [0.1, 0.15) is 5.82 Å². The predicted octanol–water partition coefficient (Wildman–Crippen LogP) is 1.58. The van der Waals surface area contributed by atoms with Crippen LogP contribution in [0, 0.1) is 11.7 Å². The van der Waals surface area contributed by atoms with Gasteiger partial charge in [0.05, 0.1) is 23.5 Å². The lowest BCUT2D eigenvalue weighted by Crippen LogP contribution is -2.22. The van der Waals surface area contributed by atoms with Crippen molar-refractivity contribution in [2.24, 2.45) is 5.92 Å². The number of halogens is 1. The predicted molar refractivity (Wildman–Crippen MR) is 70.0 cm³/mol. The third-order valence-corrected chi connectivity index (χ3v) is 3.38. The molecule has 0 spiro atoms. The Morgan fingerprint density at radius 1 is 1.63 bits per heavy atom. The van der Waals surface area contributed by atoms with Crippen molar-refractivity contribution in [3.05, 3.63) is 23.5 Å². The van der Waals surface area contributed by atoms with E-state index in [1.807, 2.05) is 4.90 Å². The van der Waals surface area contributed by atoms with E-state index in [0.717, 1.165) is 19.5 Å². The van der Waals surface area contributed by atoms with Crippen LogP contribution in [0.5, 0.6) is 0 Å². The summed E-state index contributed by atoms with van der Waals surface area (Å²) in [5.74, 6) is -1.67. The molecule has 3 N–H and O–H groups in total. The standard InChI is InChI=1S/C13H17FN2O3/c1-19-7-8-2-3-16(6-8)12-5-10(14)9(13(17)18)4-11(12)15/h4-5,8H,2-3,6-7,15H2,1H3,(H,17,18). The quantitative estimate of drug-likeness (QED) is 0.811. The molecule has 1 atom stereocenters. The number of nitrogens with two attached hydrogens (primary N) is 1. The summed E-state index contributed by atoms with van der Waals surface area (Å²) < 4.78 is 18.8. The summed E-state index contributed by atoms with van der Waals surface area (Å²) in [6.07, 6.45) is 0.954. The first kappa shape index (κ1) is 13.6. The summed E-state index contributed by atoms with van der Waals surface area (Å²) >= 11 is 0. The van der Waals surface area contributed by atoms with Crippen LogP contribution in [0.2, 0.25) is 0 Å². The second-order valence-electron chi connectivity index (χ2n) is 4.75. The van der Waals surface area contributed by atoms with Crippen LogP contribution in [-0.4, -0.2) is 37.9 Å². The van der Waals surface area contributed by atoms with Gasteiger partial charge in [-0.2, -0.15) is 0 Å². The van der Waals surface area contributed by atoms with Crippen LogP contribution < -0.4 is 10.6 Å². The molecule has 1 heterocycles. The largest absolute Gasteiger partial charge is 0.478 e. The highest BCUT2D eigenvalue weighted by atomic mass is 19.1. The van der Waals surface area contributed by atoms with Gasteiger partial charge < -0.3 is 20.5 Å². The van der Waals surface area contributed by atoms with Crippen molar-refractivity contribution in [3.8, 4) is 0 Å². The monoisotopic (exact) mass is 268 g/mol. The zero-order valence-electron chi connectivity index (χ0n) is 10.7. The molecule has 2 rings (SSSR count). The summed E-state index contributed by atoms with van der Waals surface area (Å²) in [6, 6.07) is 2.38. The molecule has 1 aromatic rings. The second-order valence-corrected chi connectivity index (χ2v) is 4.75. The normalized spacial score (nSPS) is 18.8. The van der Waals surface area contributed by atoms with Gasteiger partial charge in [-0.3, -0.25) is 0 Å². The van der Waals surface area contributed by atoms with Gasteiger partial charge in [-0.1, -0.05) is 0 Å². The number of hydrogen-bond donors (Lipinski definition) is 2. The summed E-state index contributed by atoms with van der Waals surface area (Å²) in [5.41, 5.74) is 6.28. The highest BCUT2D eigenvalue weighted by Crippen LogP contribution is 2.31. The molecule has 0 aliphatic carbocycles. The average Bonchev–Trinajstić information content (AvgIpc) is 2.80. The van der Waals surface area contributed by atoms with E-state index >= 15 is 0 Å². The maximum absolute atomic E-state index is 13.7. The number of carbonyl (C=O) groups is 1. The Morgan fingerprint density at radius 3 is 3.00 bits per heavy atom. The van der Waals surface area contributed by atoms with E-state index < -0.39 is 17.3 Å². The van der Waals surface area contributed by atoms with E-state index in [1.54, 1.807) is 7.11 Å². The van der Waals surface area contributed by atoms with Crippen molar-refractivity contribution < 1.29 is 19.0 Å². The first-order valence-electron chi connectivity index (χ1n) is 6.09. The minimum Gasteiger partial charge on any atom is -0.478 e. The lowest BCUT2D eigenvalue weighted by Gasteiger charge is -2.21. The van der Waals surface area contributed by atoms with Crippen molar-refractivity contribution in [1.29, 1.82) is 0 Å². The lowest BCUT2D eigenvalue weighted by atomic mass is 10.1. The van der Waals surface area contributed by atoms with E-state index in [0.29, 0.717) is 18.2 Å². The van der Waals surface area contributed by atoms with Gasteiger partial charge >= 0.3 is 5.97 Å². The Morgan fingerprint density at radius 2 is 2.37 bits per heavy atom. The van der Waals surface area contributed by atoms with Crippen LogP contribution in [0.25, 0.3) is 0 Å². The molecular formula is C13H17FN2O3. The minimum atomic E-state index is -1.31. The van der Waals surface area contributed by atoms with E-state index in [2.05, 4.69) is 0 Å². The SMILES string of the molecule is COCC1CCN(c2cc(F)c(C(=O)O)cc2N)C1. The van der Waals surface area contributed by atoms with Crippen molar-refractivity contribution in [1.82, 2.24) is 0 Å². The van der Waals surface area contributed by atoms with E-state index in [4.69, 9.17) is 15.6 Å². The van der Waals surface area contributed by atoms with Gasteiger partial charge in [-0.15, -0.1) is 0 Å². The average molecular weight is 268 g/mol. The Balaban J connectivity index is 2.22. The van der Waals surface area contributed by atoms with E-state index in [-0.39, 0.29) is 5.69 Å². The molecule has 0 saturated carbocycles. The summed E-state index contributed by atoms with van der Waals surface area (Å²) in [4.78, 5) is 12.8. The highest BCUT2D eigenvalue weighted by molar-refractivity contribution is 5.91. The maximum atomic E-state index is 13.7. The van der Waals surface area contributed by atoms with Crippen molar-refractivity contribution >= 4 is 17.3 Å². The van der Waals surface area contributed by atoms with Crippen molar-refractivity contribution in [2.75, 3.05) is 37.4 Å². The number of methoxy groups -OCH3 is 1. The van der Waals surface area contributed by atoms with Gasteiger partial charge in [-0.05, 0) is 12.5 Å². The van der Waals surface area contributed by atoms with E-state index in [1.165, 1.54) is 12.1 Å². The van der Waals surface area contributed by atoms with Crippen LogP contribution in [0.1, 0.15) is 16.8 Å². The van der Waals surface area contributed by atoms with Crippen LogP contribution >= 0.6 is 0 Å². The number of anilines is 2. The van der Waals surface area contributed by atoms with Crippen LogP contribution in [0.4, 0.5) is 15.8 Å². The van der Waals surface area contributed by atoms with Gasteiger partial charge in [0.2, 0.25) is 0 Å². The molecule has 1 unspecified atom stereocenters. The number of carboxylic acid groups (broad SMARTS) is 1. The molecule has 0 amide bonds. The first-order chi connectivity index (χ1) is 9.02. The molecule has 1 aromatic carbocycles. The Kier molecular flexibility index (Phi) is 3.90. The molecule has 0 radical (unpaired) electrons. The fourth-order valence-corrected chi connectivity index (χ4v) is 2.44. The van der Waals surface area contributed by atoms with Crippen LogP contribution in [0.3, 0.4) is 0 Å². The molecule has 0 aromatic heterocycles. The maximum Gasteiger partial charge on any atom is 0.338 e. The minimum absolute atomic E-state index is 0.289. The molecule has 1 aliphatic rings. The molecule has 5 nitrogen and oxygen atoms in total. The molecule has 6 heteroatoms. The molecule has 1 fully saturated rings. The van der Waals surface area contributed by atoms with Crippen LogP contribution in [0.15, 0.2) is 12.1 Å². The number of ether oxygens (including phenoxy) is 1. The third kappa shape index (κ3) is 2.78. The fraction of sp³-hybridized carbons (Fsp3) is 0.462. The molecule has 1 saturated heterocycles. The topological polar surface area (TPSA) is 75.8 Å². The smallest absolute Gasteiger partial charge is 0.338 e. The summed E-state index contributed by atoms with van der Waals surface area (Å²) in [7, 11) is 1.65. The van der Waals surface area contributed by atoms with Gasteiger partial charge in [-0.25, -0.2) is 9.18 Å². The highest BCUT2D eigenvalue weighted by Gasteiger charge is 2.25. The first-order valence-corrected chi connectivity index (χ1v) is 6.09. The molecule has 19 heavy (non-hydrogen) atoms. The number of rotatable bonds is 4. The Labute approximate surface area is 110 Å². The molecule has 104 valence electrons. The number of nitrogens with zero attached hydrogens (tertiary/aromatic N) is 1. The van der Waals surface area contributed by atoms with E-state index in [9.17, 15) is 9.18 Å². The zero-order chi connectivity index (χ0) is 14.0. The lowest BCUT2D eigenvalue weighted by molar-refractivity contribution is 0.0692. The van der Waals surface area contributed by atoms with Gasteiger partial charge in [0.25, 0.3) is 0 Å². The summed E-state index contributed by atoms with van der Waals surface area (Å²) in [6.45, 7) is 2.17. The van der Waals surface area contributed by atoms with Crippen molar-refractivity contribution in [3.63, 3.8) is 0 Å². The third-order valence-electron chi connectivity index (χ3n) is 3.38. The Hall–Kier alpha value is -1.82. The van der Waals surface area contributed by atoms with Gasteiger partial charge in [0, 0.05) is 32.2 Å². The number of benzene rings is 1. The molecule has 1 aliphatic heterocycles. The molecular weight excluding hydrogens is 251 g/mol. The number of aromatic carboxylic acids is 1. The molecule has 0 bridgehead atoms. The van der Waals surface area contributed by atoms with Crippen molar-refractivity contribution in [2.45, 2.75) is 6.42 Å². The second kappa shape index (κ2) is 5.44. The number of hydrogen-bond acceptors (Lipinski definition) is 4. The zero-order valence-corrected chi connectivity index (χ0v) is 10.7.